The molecule has 0 saturated carbocycles. The lowest BCUT2D eigenvalue weighted by Gasteiger charge is -2.27. The SMILES string of the molecule is CCN(Cc1c(CO)cnc(C)c1O)C(=O)OC(C)(C)C. The number of pyridine rings is 1. The molecule has 118 valence electrons. The van der Waals surface area contributed by atoms with Crippen LogP contribution in [-0.4, -0.2) is 38.3 Å². The van der Waals surface area contributed by atoms with Crippen molar-refractivity contribution in [2.24, 2.45) is 0 Å². The van der Waals surface area contributed by atoms with E-state index >= 15 is 0 Å². The highest BCUT2D eigenvalue weighted by atomic mass is 16.6. The van der Waals surface area contributed by atoms with E-state index in [-0.39, 0.29) is 18.9 Å². The van der Waals surface area contributed by atoms with Gasteiger partial charge >= 0.3 is 6.09 Å². The Morgan fingerprint density at radius 1 is 1.43 bits per heavy atom. The molecule has 0 aliphatic carbocycles. The van der Waals surface area contributed by atoms with Crippen molar-refractivity contribution in [3.63, 3.8) is 0 Å². The molecule has 0 aromatic carbocycles. The molecular weight excluding hydrogens is 272 g/mol. The second kappa shape index (κ2) is 6.76. The monoisotopic (exact) mass is 296 g/mol. The zero-order valence-corrected chi connectivity index (χ0v) is 13.3. The third-order valence-corrected chi connectivity index (χ3v) is 2.98. The summed E-state index contributed by atoms with van der Waals surface area (Å²) in [5.74, 6) is 0.00330. The van der Waals surface area contributed by atoms with Crippen LogP contribution in [0.1, 0.15) is 44.5 Å². The van der Waals surface area contributed by atoms with Crippen LogP contribution >= 0.6 is 0 Å². The quantitative estimate of drug-likeness (QED) is 0.891. The molecule has 1 aromatic heterocycles. The molecule has 2 N–H and O–H groups in total. The molecule has 0 unspecified atom stereocenters. The van der Waals surface area contributed by atoms with Crippen LogP contribution < -0.4 is 0 Å². The molecule has 0 fully saturated rings. The number of aromatic nitrogens is 1. The lowest BCUT2D eigenvalue weighted by Crippen LogP contribution is -2.36. The van der Waals surface area contributed by atoms with Crippen LogP contribution in [0.2, 0.25) is 0 Å². The molecule has 1 amide bonds. The summed E-state index contributed by atoms with van der Waals surface area (Å²) in [5.41, 5.74) is 0.876. The average Bonchev–Trinajstić information content (AvgIpc) is 2.38. The fourth-order valence-electron chi connectivity index (χ4n) is 1.82. The van der Waals surface area contributed by atoms with Gasteiger partial charge in [0.05, 0.1) is 18.8 Å². The van der Waals surface area contributed by atoms with Crippen molar-refractivity contribution >= 4 is 6.09 Å². The highest BCUT2D eigenvalue weighted by Crippen LogP contribution is 2.26. The number of rotatable bonds is 4. The molecule has 1 heterocycles. The fraction of sp³-hybridized carbons (Fsp3) is 0.600. The smallest absolute Gasteiger partial charge is 0.410 e. The first kappa shape index (κ1) is 17.2. The summed E-state index contributed by atoms with van der Waals surface area (Å²) in [4.78, 5) is 17.6. The maximum atomic E-state index is 12.1. The Hall–Kier alpha value is -1.82. The van der Waals surface area contributed by atoms with Crippen molar-refractivity contribution in [1.29, 1.82) is 0 Å². The standard InChI is InChI=1S/C15H24N2O4/c1-6-17(14(20)21-15(3,4)5)8-12-11(9-18)7-16-10(2)13(12)19/h7,18-19H,6,8-9H2,1-5H3. The lowest BCUT2D eigenvalue weighted by atomic mass is 10.1. The number of aliphatic hydroxyl groups excluding tert-OH is 1. The number of aryl methyl sites for hydroxylation is 1. The summed E-state index contributed by atoms with van der Waals surface area (Å²) in [6, 6.07) is 0. The van der Waals surface area contributed by atoms with E-state index in [0.29, 0.717) is 23.4 Å². The summed E-state index contributed by atoms with van der Waals surface area (Å²) in [7, 11) is 0. The minimum atomic E-state index is -0.583. The molecule has 6 heteroatoms. The second-order valence-corrected chi connectivity index (χ2v) is 5.85. The van der Waals surface area contributed by atoms with Gasteiger partial charge in [-0.1, -0.05) is 0 Å². The van der Waals surface area contributed by atoms with Gasteiger partial charge in [0, 0.05) is 23.9 Å². The Labute approximate surface area is 125 Å². The van der Waals surface area contributed by atoms with E-state index in [2.05, 4.69) is 4.98 Å². The van der Waals surface area contributed by atoms with E-state index in [9.17, 15) is 15.0 Å². The molecule has 0 spiro atoms. The largest absolute Gasteiger partial charge is 0.506 e. The van der Waals surface area contributed by atoms with Crippen molar-refractivity contribution in [2.45, 2.75) is 53.4 Å². The summed E-state index contributed by atoms with van der Waals surface area (Å²) in [6.07, 6.45) is 1.05. The number of aliphatic hydroxyl groups is 1. The summed E-state index contributed by atoms with van der Waals surface area (Å²) < 4.78 is 5.33. The van der Waals surface area contributed by atoms with Crippen LogP contribution in [0.4, 0.5) is 4.79 Å². The Morgan fingerprint density at radius 3 is 2.52 bits per heavy atom. The summed E-state index contributed by atoms with van der Waals surface area (Å²) in [6.45, 7) is 9.24. The van der Waals surface area contributed by atoms with Gasteiger partial charge in [-0.25, -0.2) is 4.79 Å². The molecule has 0 bridgehead atoms. The number of ether oxygens (including phenoxy) is 1. The molecule has 0 saturated heterocycles. The molecule has 1 aromatic rings. The fourth-order valence-corrected chi connectivity index (χ4v) is 1.82. The summed E-state index contributed by atoms with van der Waals surface area (Å²) >= 11 is 0. The van der Waals surface area contributed by atoms with Crippen LogP contribution in [0, 0.1) is 6.92 Å². The number of hydrogen-bond acceptors (Lipinski definition) is 5. The van der Waals surface area contributed by atoms with Gasteiger partial charge in [0.1, 0.15) is 11.4 Å². The molecule has 0 aliphatic rings. The minimum Gasteiger partial charge on any atom is -0.506 e. The molecule has 1 rings (SSSR count). The predicted octanol–water partition coefficient (Wildman–Crippen LogP) is 2.34. The van der Waals surface area contributed by atoms with E-state index < -0.39 is 11.7 Å². The maximum Gasteiger partial charge on any atom is 0.410 e. The van der Waals surface area contributed by atoms with E-state index in [1.54, 1.807) is 27.7 Å². The van der Waals surface area contributed by atoms with E-state index in [0.717, 1.165) is 0 Å². The normalized spacial score (nSPS) is 11.3. The molecule has 6 nitrogen and oxygen atoms in total. The summed E-state index contributed by atoms with van der Waals surface area (Å²) in [5, 5.41) is 19.5. The molecule has 21 heavy (non-hydrogen) atoms. The predicted molar refractivity (Wildman–Crippen MR) is 78.9 cm³/mol. The van der Waals surface area contributed by atoms with Crippen molar-refractivity contribution in [3.05, 3.63) is 23.0 Å². The van der Waals surface area contributed by atoms with Gasteiger partial charge in [-0.2, -0.15) is 0 Å². The van der Waals surface area contributed by atoms with Crippen LogP contribution in [-0.2, 0) is 17.9 Å². The number of aromatic hydroxyl groups is 1. The van der Waals surface area contributed by atoms with Crippen molar-refractivity contribution in [3.8, 4) is 5.75 Å². The third kappa shape index (κ3) is 4.60. The van der Waals surface area contributed by atoms with Crippen molar-refractivity contribution in [2.75, 3.05) is 6.54 Å². The van der Waals surface area contributed by atoms with E-state index in [4.69, 9.17) is 4.74 Å². The molecule has 0 atom stereocenters. The van der Waals surface area contributed by atoms with Crippen LogP contribution in [0.15, 0.2) is 6.20 Å². The third-order valence-electron chi connectivity index (χ3n) is 2.98. The molecule has 0 aliphatic heterocycles. The topological polar surface area (TPSA) is 82.9 Å². The van der Waals surface area contributed by atoms with Crippen molar-refractivity contribution in [1.82, 2.24) is 9.88 Å². The van der Waals surface area contributed by atoms with Gasteiger partial charge in [0.2, 0.25) is 0 Å². The van der Waals surface area contributed by atoms with Crippen molar-refractivity contribution < 1.29 is 19.7 Å². The number of hydrogen-bond donors (Lipinski definition) is 2. The number of amides is 1. The Kier molecular flexibility index (Phi) is 5.54. The molecular formula is C15H24N2O4. The van der Waals surface area contributed by atoms with E-state index in [1.807, 2.05) is 6.92 Å². The lowest BCUT2D eigenvalue weighted by molar-refractivity contribution is 0.0242. The molecule has 0 radical (unpaired) electrons. The number of nitrogens with zero attached hydrogens (tertiary/aromatic N) is 2. The first-order chi connectivity index (χ1) is 9.69. The first-order valence-corrected chi connectivity index (χ1v) is 6.94. The van der Waals surface area contributed by atoms with Crippen LogP contribution in [0.25, 0.3) is 0 Å². The zero-order valence-electron chi connectivity index (χ0n) is 13.3. The first-order valence-electron chi connectivity index (χ1n) is 6.94. The maximum absolute atomic E-state index is 12.1. The Balaban J connectivity index is 3.02. The van der Waals surface area contributed by atoms with Crippen LogP contribution in [0.3, 0.4) is 0 Å². The highest BCUT2D eigenvalue weighted by Gasteiger charge is 2.23. The van der Waals surface area contributed by atoms with Gasteiger partial charge in [0.15, 0.2) is 0 Å². The van der Waals surface area contributed by atoms with E-state index in [1.165, 1.54) is 11.1 Å². The number of carbonyl (C=O) groups excluding carboxylic acids is 1. The van der Waals surface area contributed by atoms with Crippen LogP contribution in [0.5, 0.6) is 5.75 Å². The highest BCUT2D eigenvalue weighted by molar-refractivity contribution is 5.68. The van der Waals surface area contributed by atoms with Gasteiger partial charge in [-0.05, 0) is 34.6 Å². The zero-order chi connectivity index (χ0) is 16.2. The minimum absolute atomic E-state index is 0.00330. The Bertz CT molecular complexity index is 509. The second-order valence-electron chi connectivity index (χ2n) is 5.85. The van der Waals surface area contributed by atoms with Gasteiger partial charge in [-0.3, -0.25) is 4.98 Å². The van der Waals surface area contributed by atoms with Gasteiger partial charge in [0.25, 0.3) is 0 Å². The van der Waals surface area contributed by atoms with Gasteiger partial charge < -0.3 is 19.8 Å². The van der Waals surface area contributed by atoms with Gasteiger partial charge in [-0.15, -0.1) is 0 Å². The number of carbonyl (C=O) groups is 1. The average molecular weight is 296 g/mol. The Morgan fingerprint density at radius 2 is 2.05 bits per heavy atom.